The summed E-state index contributed by atoms with van der Waals surface area (Å²) >= 11 is 0. The van der Waals surface area contributed by atoms with Crippen LogP contribution in [-0.4, -0.2) is 31.9 Å². The fourth-order valence-electron chi connectivity index (χ4n) is 1.55. The molecule has 0 atom stereocenters. The summed E-state index contributed by atoms with van der Waals surface area (Å²) in [4.78, 5) is 27.4. The van der Waals surface area contributed by atoms with Crippen molar-refractivity contribution >= 4 is 17.7 Å². The molecule has 0 N–H and O–H groups in total. The average Bonchev–Trinajstić information content (AvgIpc) is 2.43. The molecular formula is C12H17NO5. The number of oxime groups is 1. The van der Waals surface area contributed by atoms with E-state index in [4.69, 9.17) is 4.84 Å². The first-order valence-electron chi connectivity index (χ1n) is 5.78. The maximum atomic E-state index is 11.3. The number of hydrogen-bond acceptors (Lipinski definition) is 6. The molecule has 1 rings (SSSR count). The summed E-state index contributed by atoms with van der Waals surface area (Å²) in [5.41, 5.74) is 0.890. The van der Waals surface area contributed by atoms with Gasteiger partial charge in [0.2, 0.25) is 5.76 Å². The summed E-state index contributed by atoms with van der Waals surface area (Å²) < 4.78 is 8.90. The molecular weight excluding hydrogens is 238 g/mol. The second-order valence-corrected chi connectivity index (χ2v) is 3.83. The Morgan fingerprint density at radius 3 is 2.33 bits per heavy atom. The maximum Gasteiger partial charge on any atom is 0.377 e. The van der Waals surface area contributed by atoms with Gasteiger partial charge in [-0.15, -0.1) is 0 Å². The maximum absolute atomic E-state index is 11.3. The second kappa shape index (κ2) is 7.47. The van der Waals surface area contributed by atoms with E-state index in [1.165, 1.54) is 20.6 Å². The number of methoxy groups -OCH3 is 2. The molecule has 0 spiro atoms. The zero-order valence-corrected chi connectivity index (χ0v) is 10.6. The van der Waals surface area contributed by atoms with Crippen molar-refractivity contribution in [2.24, 2.45) is 5.16 Å². The summed E-state index contributed by atoms with van der Waals surface area (Å²) in [7, 11) is 2.41. The molecule has 0 aromatic rings. The second-order valence-electron chi connectivity index (χ2n) is 3.83. The van der Waals surface area contributed by atoms with Gasteiger partial charge in [0.1, 0.15) is 0 Å². The molecule has 0 heterocycles. The summed E-state index contributed by atoms with van der Waals surface area (Å²) in [6.07, 6.45) is 5.94. The van der Waals surface area contributed by atoms with Crippen LogP contribution in [0.25, 0.3) is 0 Å². The van der Waals surface area contributed by atoms with E-state index in [9.17, 15) is 9.59 Å². The lowest BCUT2D eigenvalue weighted by atomic mass is 9.99. The van der Waals surface area contributed by atoms with Gasteiger partial charge in [-0.25, -0.2) is 9.59 Å². The van der Waals surface area contributed by atoms with Crippen molar-refractivity contribution in [1.82, 2.24) is 0 Å². The third-order valence-corrected chi connectivity index (χ3v) is 2.54. The quantitative estimate of drug-likeness (QED) is 0.330. The van der Waals surface area contributed by atoms with Crippen LogP contribution in [0.5, 0.6) is 0 Å². The van der Waals surface area contributed by atoms with Crippen molar-refractivity contribution in [1.29, 1.82) is 0 Å². The zero-order chi connectivity index (χ0) is 13.4. The van der Waals surface area contributed by atoms with Crippen molar-refractivity contribution < 1.29 is 23.9 Å². The topological polar surface area (TPSA) is 74.2 Å². The molecule has 0 saturated heterocycles. The molecule has 0 unspecified atom stereocenters. The minimum Gasteiger partial charge on any atom is -0.466 e. The number of carbonyl (C=O) groups is 2. The molecule has 6 heteroatoms. The van der Waals surface area contributed by atoms with Crippen molar-refractivity contribution in [2.75, 3.05) is 14.2 Å². The predicted octanol–water partition coefficient (Wildman–Crippen LogP) is 1.55. The summed E-state index contributed by atoms with van der Waals surface area (Å²) in [6.45, 7) is 0. The number of hydrogen-bond donors (Lipinski definition) is 0. The van der Waals surface area contributed by atoms with Gasteiger partial charge in [0.25, 0.3) is 0 Å². The molecule has 1 aliphatic rings. The lowest BCUT2D eigenvalue weighted by Gasteiger charge is -2.11. The molecule has 1 saturated carbocycles. The highest BCUT2D eigenvalue weighted by atomic mass is 16.7. The van der Waals surface area contributed by atoms with Gasteiger partial charge in [-0.05, 0) is 25.7 Å². The van der Waals surface area contributed by atoms with E-state index in [1.54, 1.807) is 0 Å². The number of carbonyl (C=O) groups excluding carboxylic acids is 2. The zero-order valence-electron chi connectivity index (χ0n) is 10.6. The first-order chi connectivity index (χ1) is 8.67. The highest BCUT2D eigenvalue weighted by molar-refractivity contribution is 5.94. The number of nitrogens with zero attached hydrogens (tertiary/aromatic N) is 1. The van der Waals surface area contributed by atoms with Gasteiger partial charge in [-0.2, -0.15) is 0 Å². The van der Waals surface area contributed by atoms with Gasteiger partial charge in [-0.3, -0.25) is 0 Å². The molecule has 0 aliphatic heterocycles. The van der Waals surface area contributed by atoms with Crippen LogP contribution in [-0.2, 0) is 23.9 Å². The first kappa shape index (κ1) is 14.2. The van der Waals surface area contributed by atoms with E-state index in [0.29, 0.717) is 0 Å². The van der Waals surface area contributed by atoms with E-state index in [1.807, 2.05) is 0 Å². The third-order valence-electron chi connectivity index (χ3n) is 2.54. The van der Waals surface area contributed by atoms with Crippen molar-refractivity contribution in [2.45, 2.75) is 32.1 Å². The van der Waals surface area contributed by atoms with Crippen LogP contribution in [0, 0.1) is 0 Å². The Morgan fingerprint density at radius 2 is 1.78 bits per heavy atom. The van der Waals surface area contributed by atoms with Crippen LogP contribution in [0.3, 0.4) is 0 Å². The largest absolute Gasteiger partial charge is 0.466 e. The van der Waals surface area contributed by atoms with E-state index in [-0.39, 0.29) is 5.76 Å². The Balaban J connectivity index is 2.69. The van der Waals surface area contributed by atoms with Gasteiger partial charge in [-0.1, -0.05) is 11.6 Å². The minimum atomic E-state index is -0.763. The number of rotatable bonds is 4. The van der Waals surface area contributed by atoms with Gasteiger partial charge in [0, 0.05) is 0 Å². The van der Waals surface area contributed by atoms with Crippen molar-refractivity contribution in [3.05, 3.63) is 11.8 Å². The minimum absolute atomic E-state index is 0.276. The van der Waals surface area contributed by atoms with E-state index < -0.39 is 11.9 Å². The predicted molar refractivity (Wildman–Crippen MR) is 63.7 cm³/mol. The van der Waals surface area contributed by atoms with Crippen LogP contribution in [0.2, 0.25) is 0 Å². The molecule has 6 nitrogen and oxygen atoms in total. The number of esters is 2. The van der Waals surface area contributed by atoms with Gasteiger partial charge < -0.3 is 14.3 Å². The van der Waals surface area contributed by atoms with Crippen LogP contribution in [0.15, 0.2) is 17.0 Å². The smallest absolute Gasteiger partial charge is 0.377 e. The normalized spacial score (nSPS) is 15.9. The molecule has 100 valence electrons. The molecule has 0 aromatic carbocycles. The molecule has 0 bridgehead atoms. The van der Waals surface area contributed by atoms with Crippen LogP contribution < -0.4 is 0 Å². The fourth-order valence-corrected chi connectivity index (χ4v) is 1.55. The molecule has 0 aromatic heterocycles. The Hall–Kier alpha value is -1.85. The van der Waals surface area contributed by atoms with E-state index in [2.05, 4.69) is 14.6 Å². The van der Waals surface area contributed by atoms with Crippen molar-refractivity contribution in [3.8, 4) is 0 Å². The van der Waals surface area contributed by atoms with Crippen LogP contribution >= 0.6 is 0 Å². The van der Waals surface area contributed by atoms with Gasteiger partial charge in [0.05, 0.1) is 26.0 Å². The van der Waals surface area contributed by atoms with Crippen molar-refractivity contribution in [3.63, 3.8) is 0 Å². The molecule has 0 radical (unpaired) electrons. The number of ether oxygens (including phenoxy) is 2. The first-order valence-corrected chi connectivity index (χ1v) is 5.78. The highest BCUT2D eigenvalue weighted by Gasteiger charge is 2.16. The Morgan fingerprint density at radius 1 is 1.11 bits per heavy atom. The SMILES string of the molecule is COC(=O)/C=C(/ON=C1CCCCC1)C(=O)OC. The fraction of sp³-hybridized carbons (Fsp3) is 0.583. The van der Waals surface area contributed by atoms with Gasteiger partial charge in [0.15, 0.2) is 0 Å². The Labute approximate surface area is 106 Å². The summed E-state index contributed by atoms with van der Waals surface area (Å²) in [6, 6.07) is 0. The lowest BCUT2D eigenvalue weighted by Crippen LogP contribution is -2.11. The van der Waals surface area contributed by atoms with E-state index >= 15 is 0 Å². The Kier molecular flexibility index (Phi) is 5.90. The van der Waals surface area contributed by atoms with Crippen LogP contribution in [0.1, 0.15) is 32.1 Å². The highest BCUT2D eigenvalue weighted by Crippen LogP contribution is 2.15. The molecule has 1 fully saturated rings. The standard InChI is InChI=1S/C12H17NO5/c1-16-11(14)8-10(12(15)17-2)18-13-9-6-4-3-5-7-9/h8H,3-7H2,1-2H3/b10-8+. The average molecular weight is 255 g/mol. The van der Waals surface area contributed by atoms with E-state index in [0.717, 1.165) is 37.5 Å². The third kappa shape index (κ3) is 4.57. The molecule has 18 heavy (non-hydrogen) atoms. The molecule has 0 amide bonds. The van der Waals surface area contributed by atoms with Crippen LogP contribution in [0.4, 0.5) is 0 Å². The summed E-state index contributed by atoms with van der Waals surface area (Å²) in [5, 5.41) is 3.88. The lowest BCUT2D eigenvalue weighted by molar-refractivity contribution is -0.142. The Bertz CT molecular complexity index is 365. The monoisotopic (exact) mass is 255 g/mol. The summed E-state index contributed by atoms with van der Waals surface area (Å²) in [5.74, 6) is -1.73. The molecule has 1 aliphatic carbocycles. The van der Waals surface area contributed by atoms with Gasteiger partial charge >= 0.3 is 11.9 Å².